The van der Waals surface area contributed by atoms with Crippen molar-refractivity contribution in [1.29, 1.82) is 0 Å². The molecular formula is C20H35N5O. The van der Waals surface area contributed by atoms with Crippen LogP contribution in [0, 0.1) is 5.41 Å². The van der Waals surface area contributed by atoms with Crippen LogP contribution in [0.25, 0.3) is 0 Å². The molecule has 2 aliphatic rings. The lowest BCUT2D eigenvalue weighted by molar-refractivity contribution is -0.135. The monoisotopic (exact) mass is 361 g/mol. The second-order valence-electron chi connectivity index (χ2n) is 8.32. The van der Waals surface area contributed by atoms with E-state index < -0.39 is 0 Å². The summed E-state index contributed by atoms with van der Waals surface area (Å²) in [5.41, 5.74) is 0.338. The maximum Gasteiger partial charge on any atom is 0.240 e. The summed E-state index contributed by atoms with van der Waals surface area (Å²) in [6, 6.07) is 0.0356. The van der Waals surface area contributed by atoms with Gasteiger partial charge in [-0.25, -0.2) is 4.98 Å². The second-order valence-corrected chi connectivity index (χ2v) is 8.32. The van der Waals surface area contributed by atoms with Gasteiger partial charge in [-0.1, -0.05) is 6.92 Å². The summed E-state index contributed by atoms with van der Waals surface area (Å²) in [4.78, 5) is 24.5. The number of aryl methyl sites for hydroxylation is 1. The number of likely N-dealkylation sites (N-methyl/N-ethyl adjacent to an activating group) is 1. The molecule has 1 aromatic heterocycles. The fourth-order valence-electron chi connectivity index (χ4n) is 4.69. The zero-order valence-electron chi connectivity index (χ0n) is 16.9. The van der Waals surface area contributed by atoms with Crippen molar-refractivity contribution >= 4 is 5.91 Å². The fraction of sp³-hybridized carbons (Fsp3) is 0.800. The predicted molar refractivity (Wildman–Crippen MR) is 104 cm³/mol. The Morgan fingerprint density at radius 2 is 2.08 bits per heavy atom. The number of amides is 1. The van der Waals surface area contributed by atoms with Gasteiger partial charge in [-0.3, -0.25) is 9.69 Å². The molecule has 0 aromatic carbocycles. The molecule has 0 N–H and O–H groups in total. The number of likely N-dealkylation sites (tertiary alicyclic amines) is 2. The smallest absolute Gasteiger partial charge is 0.240 e. The van der Waals surface area contributed by atoms with Crippen molar-refractivity contribution in [2.24, 2.45) is 5.41 Å². The Bertz CT molecular complexity index is 605. The molecule has 2 fully saturated rings. The van der Waals surface area contributed by atoms with Crippen molar-refractivity contribution in [3.05, 3.63) is 18.2 Å². The van der Waals surface area contributed by atoms with E-state index in [1.54, 1.807) is 0 Å². The van der Waals surface area contributed by atoms with E-state index in [0.717, 1.165) is 51.4 Å². The standard InChI is InChI=1S/C20H35N5O/c1-5-10-25-16-20(7-11-22(3)12-8-20)14-17(25)19(26)23(4)15-18-21-9-13-24(18)6-2/h9,13,17H,5-8,10-12,14-16H2,1-4H3. The maximum atomic E-state index is 13.3. The minimum atomic E-state index is 0.0356. The SMILES string of the molecule is CCCN1CC2(CCN(C)CC2)CC1C(=O)N(C)Cc1nccn1CC. The van der Waals surface area contributed by atoms with E-state index >= 15 is 0 Å². The topological polar surface area (TPSA) is 44.6 Å². The van der Waals surface area contributed by atoms with Gasteiger partial charge in [0.15, 0.2) is 0 Å². The van der Waals surface area contributed by atoms with Crippen LogP contribution in [0.2, 0.25) is 0 Å². The molecule has 1 aromatic rings. The number of hydrogen-bond donors (Lipinski definition) is 0. The Morgan fingerprint density at radius 1 is 1.35 bits per heavy atom. The summed E-state index contributed by atoms with van der Waals surface area (Å²) >= 11 is 0. The Labute approximate surface area is 158 Å². The van der Waals surface area contributed by atoms with Crippen LogP contribution in [-0.2, 0) is 17.9 Å². The highest BCUT2D eigenvalue weighted by molar-refractivity contribution is 5.82. The molecule has 6 nitrogen and oxygen atoms in total. The first kappa shape index (κ1) is 19.4. The molecule has 6 heteroatoms. The van der Waals surface area contributed by atoms with Crippen molar-refractivity contribution in [2.45, 2.75) is 58.7 Å². The number of rotatable bonds is 6. The lowest BCUT2D eigenvalue weighted by Crippen LogP contribution is -2.44. The summed E-state index contributed by atoms with van der Waals surface area (Å²) < 4.78 is 2.11. The van der Waals surface area contributed by atoms with E-state index in [1.807, 2.05) is 24.3 Å². The molecule has 1 spiro atoms. The summed E-state index contributed by atoms with van der Waals surface area (Å²) in [5, 5.41) is 0. The lowest BCUT2D eigenvalue weighted by atomic mass is 9.76. The largest absolute Gasteiger partial charge is 0.337 e. The van der Waals surface area contributed by atoms with Gasteiger partial charge in [0.1, 0.15) is 5.82 Å². The molecule has 1 amide bonds. The minimum absolute atomic E-state index is 0.0356. The summed E-state index contributed by atoms with van der Waals surface area (Å²) in [5.74, 6) is 1.23. The quantitative estimate of drug-likeness (QED) is 0.778. The maximum absolute atomic E-state index is 13.3. The van der Waals surface area contributed by atoms with Gasteiger partial charge in [0, 0.05) is 32.5 Å². The zero-order chi connectivity index (χ0) is 18.7. The Morgan fingerprint density at radius 3 is 2.73 bits per heavy atom. The van der Waals surface area contributed by atoms with Crippen LogP contribution in [0.3, 0.4) is 0 Å². The summed E-state index contributed by atoms with van der Waals surface area (Å²) in [6.07, 6.45) is 8.37. The zero-order valence-corrected chi connectivity index (χ0v) is 16.9. The van der Waals surface area contributed by atoms with E-state index in [9.17, 15) is 4.79 Å². The molecule has 0 aliphatic carbocycles. The van der Waals surface area contributed by atoms with Crippen molar-refractivity contribution in [3.8, 4) is 0 Å². The van der Waals surface area contributed by atoms with Crippen LogP contribution in [-0.4, -0.2) is 76.5 Å². The number of piperidine rings is 1. The normalized spacial score (nSPS) is 23.6. The van der Waals surface area contributed by atoms with Gasteiger partial charge in [0.05, 0.1) is 12.6 Å². The van der Waals surface area contributed by atoms with Crippen LogP contribution < -0.4 is 0 Å². The molecule has 3 heterocycles. The summed E-state index contributed by atoms with van der Waals surface area (Å²) in [7, 11) is 4.14. The summed E-state index contributed by atoms with van der Waals surface area (Å²) in [6.45, 7) is 10.2. The molecule has 146 valence electrons. The lowest BCUT2D eigenvalue weighted by Gasteiger charge is -2.37. The minimum Gasteiger partial charge on any atom is -0.337 e. The number of hydrogen-bond acceptors (Lipinski definition) is 4. The molecule has 0 saturated carbocycles. The van der Waals surface area contributed by atoms with Crippen molar-refractivity contribution in [3.63, 3.8) is 0 Å². The van der Waals surface area contributed by atoms with E-state index in [0.29, 0.717) is 12.0 Å². The molecule has 2 saturated heterocycles. The molecular weight excluding hydrogens is 326 g/mol. The van der Waals surface area contributed by atoms with Crippen molar-refractivity contribution in [2.75, 3.05) is 40.3 Å². The predicted octanol–water partition coefficient (Wildman–Crippen LogP) is 2.06. The van der Waals surface area contributed by atoms with Gasteiger partial charge in [-0.15, -0.1) is 0 Å². The third-order valence-corrected chi connectivity index (χ3v) is 6.35. The number of carbonyl (C=O) groups is 1. The Balaban J connectivity index is 1.69. The van der Waals surface area contributed by atoms with Crippen molar-refractivity contribution in [1.82, 2.24) is 24.3 Å². The third kappa shape index (κ3) is 3.96. The molecule has 0 bridgehead atoms. The molecule has 1 atom stereocenters. The average Bonchev–Trinajstić information content (AvgIpc) is 3.22. The first-order chi connectivity index (χ1) is 12.5. The van der Waals surface area contributed by atoms with Crippen LogP contribution in [0.1, 0.15) is 45.4 Å². The highest BCUT2D eigenvalue weighted by Crippen LogP contribution is 2.43. The first-order valence-corrected chi connectivity index (χ1v) is 10.2. The van der Waals surface area contributed by atoms with Gasteiger partial charge in [-0.05, 0) is 64.7 Å². The van der Waals surface area contributed by atoms with Gasteiger partial charge in [0.25, 0.3) is 0 Å². The van der Waals surface area contributed by atoms with Crippen LogP contribution in [0.15, 0.2) is 12.4 Å². The molecule has 26 heavy (non-hydrogen) atoms. The van der Waals surface area contributed by atoms with Gasteiger partial charge >= 0.3 is 0 Å². The van der Waals surface area contributed by atoms with Crippen LogP contribution >= 0.6 is 0 Å². The highest BCUT2D eigenvalue weighted by atomic mass is 16.2. The second kappa shape index (κ2) is 8.09. The van der Waals surface area contributed by atoms with Gasteiger partial charge in [0.2, 0.25) is 5.91 Å². The van der Waals surface area contributed by atoms with Gasteiger partial charge < -0.3 is 14.4 Å². The molecule has 1 unspecified atom stereocenters. The van der Waals surface area contributed by atoms with Gasteiger partial charge in [-0.2, -0.15) is 0 Å². The molecule has 3 rings (SSSR count). The third-order valence-electron chi connectivity index (χ3n) is 6.35. The highest BCUT2D eigenvalue weighted by Gasteiger charge is 2.47. The molecule has 2 aliphatic heterocycles. The van der Waals surface area contributed by atoms with E-state index in [-0.39, 0.29) is 11.9 Å². The van der Waals surface area contributed by atoms with E-state index in [1.165, 1.54) is 12.8 Å². The first-order valence-electron chi connectivity index (χ1n) is 10.2. The van der Waals surface area contributed by atoms with Crippen LogP contribution in [0.5, 0.6) is 0 Å². The number of aromatic nitrogens is 2. The van der Waals surface area contributed by atoms with E-state index in [4.69, 9.17) is 0 Å². The number of imidazole rings is 1. The Hall–Kier alpha value is -1.40. The fourth-order valence-corrected chi connectivity index (χ4v) is 4.69. The number of carbonyl (C=O) groups excluding carboxylic acids is 1. The number of nitrogens with zero attached hydrogens (tertiary/aromatic N) is 5. The van der Waals surface area contributed by atoms with Crippen LogP contribution in [0.4, 0.5) is 0 Å². The van der Waals surface area contributed by atoms with Crippen molar-refractivity contribution < 1.29 is 4.79 Å². The van der Waals surface area contributed by atoms with E-state index in [2.05, 4.69) is 40.2 Å². The average molecular weight is 362 g/mol. The Kier molecular flexibility index (Phi) is 6.03. The molecule has 0 radical (unpaired) electrons.